The third-order valence-electron chi connectivity index (χ3n) is 3.17. The lowest BCUT2D eigenvalue weighted by Gasteiger charge is -2.31. The van der Waals surface area contributed by atoms with Crippen molar-refractivity contribution in [3.8, 4) is 0 Å². The molecule has 84 valence electrons. The molecule has 1 rings (SSSR count). The van der Waals surface area contributed by atoms with Gasteiger partial charge < -0.3 is 5.32 Å². The Morgan fingerprint density at radius 3 is 2.21 bits per heavy atom. The van der Waals surface area contributed by atoms with Gasteiger partial charge in [-0.2, -0.15) is 0 Å². The maximum absolute atomic E-state index is 3.81. The SMILES string of the molecule is CC(C)(CCBr)NC1CCCCCC1. The Hall–Kier alpha value is 0.440. The second-order valence-corrected chi connectivity index (χ2v) is 5.95. The molecular formula is C12H24BrN. The Balaban J connectivity index is 2.33. The molecule has 0 aromatic carbocycles. The predicted molar refractivity (Wildman–Crippen MR) is 67.1 cm³/mol. The summed E-state index contributed by atoms with van der Waals surface area (Å²) in [7, 11) is 0. The van der Waals surface area contributed by atoms with Crippen LogP contribution in [0.2, 0.25) is 0 Å². The van der Waals surface area contributed by atoms with Crippen molar-refractivity contribution in [2.24, 2.45) is 0 Å². The summed E-state index contributed by atoms with van der Waals surface area (Å²) in [6, 6.07) is 0.770. The summed E-state index contributed by atoms with van der Waals surface area (Å²) >= 11 is 3.53. The summed E-state index contributed by atoms with van der Waals surface area (Å²) in [5, 5.41) is 4.90. The second kappa shape index (κ2) is 6.12. The topological polar surface area (TPSA) is 12.0 Å². The fourth-order valence-corrected chi connectivity index (χ4v) is 3.28. The molecule has 0 heterocycles. The highest BCUT2D eigenvalue weighted by molar-refractivity contribution is 9.09. The fourth-order valence-electron chi connectivity index (χ4n) is 2.28. The average Bonchev–Trinajstić information content (AvgIpc) is 2.31. The van der Waals surface area contributed by atoms with Crippen molar-refractivity contribution < 1.29 is 0 Å². The molecule has 0 saturated heterocycles. The zero-order valence-corrected chi connectivity index (χ0v) is 11.2. The van der Waals surface area contributed by atoms with Crippen molar-refractivity contribution >= 4 is 15.9 Å². The molecule has 0 radical (unpaired) electrons. The van der Waals surface area contributed by atoms with Gasteiger partial charge in [-0.3, -0.25) is 0 Å². The van der Waals surface area contributed by atoms with Crippen molar-refractivity contribution in [3.63, 3.8) is 0 Å². The quantitative estimate of drug-likeness (QED) is 0.599. The average molecular weight is 262 g/mol. The molecule has 0 amide bonds. The zero-order chi connectivity index (χ0) is 10.4. The van der Waals surface area contributed by atoms with E-state index in [0.29, 0.717) is 5.54 Å². The molecule has 0 bridgehead atoms. The molecule has 1 aliphatic rings. The second-order valence-electron chi connectivity index (χ2n) is 5.16. The van der Waals surface area contributed by atoms with Crippen LogP contribution in [0.5, 0.6) is 0 Å². The van der Waals surface area contributed by atoms with Crippen molar-refractivity contribution in [3.05, 3.63) is 0 Å². The standard InChI is InChI=1S/C12H24BrN/c1-12(2,9-10-13)14-11-7-5-3-4-6-8-11/h11,14H,3-10H2,1-2H3. The zero-order valence-electron chi connectivity index (χ0n) is 9.61. The van der Waals surface area contributed by atoms with Crippen LogP contribution in [0, 0.1) is 0 Å². The number of alkyl halides is 1. The molecule has 2 heteroatoms. The van der Waals surface area contributed by atoms with Crippen LogP contribution < -0.4 is 5.32 Å². The van der Waals surface area contributed by atoms with Crippen LogP contribution in [0.4, 0.5) is 0 Å². The van der Waals surface area contributed by atoms with E-state index in [1.807, 2.05) is 0 Å². The van der Waals surface area contributed by atoms with Crippen LogP contribution in [0.15, 0.2) is 0 Å². The summed E-state index contributed by atoms with van der Waals surface area (Å²) in [5.41, 5.74) is 0.304. The van der Waals surface area contributed by atoms with Crippen molar-refractivity contribution in [2.75, 3.05) is 5.33 Å². The third kappa shape index (κ3) is 4.79. The molecule has 1 aliphatic carbocycles. The smallest absolute Gasteiger partial charge is 0.0135 e. The molecule has 0 atom stereocenters. The molecule has 1 N–H and O–H groups in total. The summed E-state index contributed by atoms with van der Waals surface area (Å²) in [4.78, 5) is 0. The van der Waals surface area contributed by atoms with Crippen LogP contribution in [-0.2, 0) is 0 Å². The first-order valence-electron chi connectivity index (χ1n) is 5.98. The lowest BCUT2D eigenvalue weighted by atomic mass is 9.98. The third-order valence-corrected chi connectivity index (χ3v) is 3.57. The summed E-state index contributed by atoms with van der Waals surface area (Å²) in [5.74, 6) is 0. The number of rotatable bonds is 4. The Kier molecular flexibility index (Phi) is 5.47. The van der Waals surface area contributed by atoms with Crippen LogP contribution in [0.1, 0.15) is 58.8 Å². The van der Waals surface area contributed by atoms with Crippen molar-refractivity contribution in [1.82, 2.24) is 5.32 Å². The van der Waals surface area contributed by atoms with Gasteiger partial charge in [0, 0.05) is 16.9 Å². The van der Waals surface area contributed by atoms with Gasteiger partial charge >= 0.3 is 0 Å². The summed E-state index contributed by atoms with van der Waals surface area (Å²) in [6.07, 6.45) is 9.69. The molecule has 0 aromatic heterocycles. The van der Waals surface area contributed by atoms with Crippen molar-refractivity contribution in [2.45, 2.75) is 70.4 Å². The van der Waals surface area contributed by atoms with E-state index in [-0.39, 0.29) is 0 Å². The molecule has 0 aliphatic heterocycles. The van der Waals surface area contributed by atoms with Crippen LogP contribution >= 0.6 is 15.9 Å². The number of nitrogens with one attached hydrogen (secondary N) is 1. The first kappa shape index (κ1) is 12.5. The Labute approximate surface area is 97.2 Å². The van der Waals surface area contributed by atoms with Gasteiger partial charge in [0.05, 0.1) is 0 Å². The van der Waals surface area contributed by atoms with Gasteiger partial charge in [0.15, 0.2) is 0 Å². The highest BCUT2D eigenvalue weighted by atomic mass is 79.9. The normalized spacial score (nSPS) is 20.8. The highest BCUT2D eigenvalue weighted by Crippen LogP contribution is 2.20. The van der Waals surface area contributed by atoms with Gasteiger partial charge in [-0.1, -0.05) is 41.6 Å². The van der Waals surface area contributed by atoms with E-state index in [9.17, 15) is 0 Å². The minimum atomic E-state index is 0.304. The molecule has 1 saturated carbocycles. The van der Waals surface area contributed by atoms with Crippen LogP contribution in [0.3, 0.4) is 0 Å². The summed E-state index contributed by atoms with van der Waals surface area (Å²) < 4.78 is 0. The number of hydrogen-bond acceptors (Lipinski definition) is 1. The van der Waals surface area contributed by atoms with Gasteiger partial charge in [-0.05, 0) is 33.1 Å². The van der Waals surface area contributed by atoms with E-state index in [4.69, 9.17) is 0 Å². The molecular weight excluding hydrogens is 238 g/mol. The fraction of sp³-hybridized carbons (Fsp3) is 1.00. The minimum absolute atomic E-state index is 0.304. The largest absolute Gasteiger partial charge is 0.309 e. The molecule has 0 spiro atoms. The van der Waals surface area contributed by atoms with E-state index in [1.54, 1.807) is 0 Å². The lowest BCUT2D eigenvalue weighted by Crippen LogP contribution is -2.46. The first-order valence-corrected chi connectivity index (χ1v) is 7.10. The molecule has 14 heavy (non-hydrogen) atoms. The Morgan fingerprint density at radius 1 is 1.14 bits per heavy atom. The van der Waals surface area contributed by atoms with Crippen LogP contribution in [-0.4, -0.2) is 16.9 Å². The van der Waals surface area contributed by atoms with Gasteiger partial charge in [-0.25, -0.2) is 0 Å². The molecule has 0 aromatic rings. The van der Waals surface area contributed by atoms with E-state index in [0.717, 1.165) is 11.4 Å². The summed E-state index contributed by atoms with van der Waals surface area (Å²) in [6.45, 7) is 4.64. The monoisotopic (exact) mass is 261 g/mol. The maximum atomic E-state index is 3.81. The lowest BCUT2D eigenvalue weighted by molar-refractivity contribution is 0.307. The maximum Gasteiger partial charge on any atom is 0.0135 e. The van der Waals surface area contributed by atoms with Gasteiger partial charge in [0.25, 0.3) is 0 Å². The van der Waals surface area contributed by atoms with Gasteiger partial charge in [0.2, 0.25) is 0 Å². The Morgan fingerprint density at radius 2 is 1.71 bits per heavy atom. The van der Waals surface area contributed by atoms with Gasteiger partial charge in [-0.15, -0.1) is 0 Å². The predicted octanol–water partition coefficient (Wildman–Crippen LogP) is 3.86. The number of hydrogen-bond donors (Lipinski definition) is 1. The highest BCUT2D eigenvalue weighted by Gasteiger charge is 2.21. The first-order chi connectivity index (χ1) is 6.64. The van der Waals surface area contributed by atoms with Crippen LogP contribution in [0.25, 0.3) is 0 Å². The molecule has 1 fully saturated rings. The number of halogens is 1. The van der Waals surface area contributed by atoms with E-state index in [1.165, 1.54) is 44.9 Å². The van der Waals surface area contributed by atoms with Crippen molar-refractivity contribution in [1.29, 1.82) is 0 Å². The van der Waals surface area contributed by atoms with E-state index in [2.05, 4.69) is 35.1 Å². The van der Waals surface area contributed by atoms with E-state index < -0.39 is 0 Å². The molecule has 0 unspecified atom stereocenters. The minimum Gasteiger partial charge on any atom is -0.309 e. The molecule has 1 nitrogen and oxygen atoms in total. The van der Waals surface area contributed by atoms with E-state index >= 15 is 0 Å². The van der Waals surface area contributed by atoms with Gasteiger partial charge in [0.1, 0.15) is 0 Å². The Bertz CT molecular complexity index is 148.